The minimum atomic E-state index is -0.454. The average Bonchev–Trinajstić information content (AvgIpc) is 2.82. The number of hydrogen-bond acceptors (Lipinski definition) is 6. The SMILES string of the molecule is Nc1ccc2nc(SCc3cc(=O)c(O)co3)[nH]c2c1. The van der Waals surface area contributed by atoms with E-state index in [1.807, 2.05) is 12.1 Å². The zero-order valence-corrected chi connectivity index (χ0v) is 11.1. The summed E-state index contributed by atoms with van der Waals surface area (Å²) in [6.45, 7) is 0. The van der Waals surface area contributed by atoms with E-state index in [2.05, 4.69) is 9.97 Å². The molecular weight excluding hydrogens is 278 g/mol. The van der Waals surface area contributed by atoms with E-state index < -0.39 is 11.2 Å². The Morgan fingerprint density at radius 2 is 2.25 bits per heavy atom. The number of benzene rings is 1. The lowest BCUT2D eigenvalue weighted by molar-refractivity contribution is 0.419. The van der Waals surface area contributed by atoms with Crippen LogP contribution in [-0.2, 0) is 5.75 Å². The van der Waals surface area contributed by atoms with Gasteiger partial charge in [0.15, 0.2) is 10.9 Å². The number of imidazole rings is 1. The molecule has 0 unspecified atom stereocenters. The molecule has 0 saturated heterocycles. The number of nitrogens with zero attached hydrogens (tertiary/aromatic N) is 1. The Hall–Kier alpha value is -2.41. The van der Waals surface area contributed by atoms with Crippen LogP contribution in [0.2, 0.25) is 0 Å². The number of nitrogens with two attached hydrogens (primary N) is 1. The van der Waals surface area contributed by atoms with Gasteiger partial charge in [-0.05, 0) is 18.2 Å². The highest BCUT2D eigenvalue weighted by Crippen LogP contribution is 2.24. The van der Waals surface area contributed by atoms with Crippen LogP contribution < -0.4 is 11.2 Å². The van der Waals surface area contributed by atoms with E-state index in [1.54, 1.807) is 6.07 Å². The van der Waals surface area contributed by atoms with Gasteiger partial charge in [-0.25, -0.2) is 4.98 Å². The van der Waals surface area contributed by atoms with Crippen molar-refractivity contribution in [2.24, 2.45) is 0 Å². The second kappa shape index (κ2) is 4.93. The number of rotatable bonds is 3. The maximum Gasteiger partial charge on any atom is 0.226 e. The van der Waals surface area contributed by atoms with Crippen LogP contribution in [0.3, 0.4) is 0 Å². The lowest BCUT2D eigenvalue weighted by Gasteiger charge is -1.98. The topological polar surface area (TPSA) is 105 Å². The maximum absolute atomic E-state index is 11.3. The van der Waals surface area contributed by atoms with Crippen molar-refractivity contribution in [1.29, 1.82) is 0 Å². The van der Waals surface area contributed by atoms with Crippen LogP contribution in [0.4, 0.5) is 5.69 Å². The third kappa shape index (κ3) is 2.48. The average molecular weight is 289 g/mol. The van der Waals surface area contributed by atoms with Gasteiger partial charge in [-0.1, -0.05) is 11.8 Å². The molecule has 0 radical (unpaired) electrons. The summed E-state index contributed by atoms with van der Waals surface area (Å²) >= 11 is 1.40. The number of hydrogen-bond donors (Lipinski definition) is 3. The van der Waals surface area contributed by atoms with Gasteiger partial charge in [-0.3, -0.25) is 4.79 Å². The van der Waals surface area contributed by atoms with Crippen LogP contribution >= 0.6 is 11.8 Å². The molecule has 3 aromatic rings. The molecule has 0 amide bonds. The van der Waals surface area contributed by atoms with E-state index >= 15 is 0 Å². The quantitative estimate of drug-likeness (QED) is 0.503. The van der Waals surface area contributed by atoms with E-state index in [9.17, 15) is 4.79 Å². The molecule has 7 heteroatoms. The van der Waals surface area contributed by atoms with Gasteiger partial charge >= 0.3 is 0 Å². The first-order valence-electron chi connectivity index (χ1n) is 5.80. The summed E-state index contributed by atoms with van der Waals surface area (Å²) in [5.41, 5.74) is 7.60. The summed E-state index contributed by atoms with van der Waals surface area (Å²) in [5, 5.41) is 9.82. The smallest absolute Gasteiger partial charge is 0.226 e. The second-order valence-electron chi connectivity index (χ2n) is 4.20. The number of aromatic amines is 1. The van der Waals surface area contributed by atoms with Crippen molar-refractivity contribution >= 4 is 28.5 Å². The number of aromatic hydroxyl groups is 1. The van der Waals surface area contributed by atoms with Crippen LogP contribution in [0.5, 0.6) is 5.75 Å². The normalized spacial score (nSPS) is 11.0. The number of aromatic nitrogens is 2. The molecule has 102 valence electrons. The number of anilines is 1. The molecule has 6 nitrogen and oxygen atoms in total. The highest BCUT2D eigenvalue weighted by atomic mass is 32.2. The fraction of sp³-hybridized carbons (Fsp3) is 0.0769. The third-order valence-electron chi connectivity index (χ3n) is 2.70. The zero-order chi connectivity index (χ0) is 14.1. The van der Waals surface area contributed by atoms with Crippen molar-refractivity contribution in [2.45, 2.75) is 10.9 Å². The van der Waals surface area contributed by atoms with Crippen LogP contribution in [0.1, 0.15) is 5.76 Å². The van der Waals surface area contributed by atoms with Crippen molar-refractivity contribution in [3.05, 3.63) is 46.5 Å². The molecule has 4 N–H and O–H groups in total. The Balaban J connectivity index is 1.79. The Morgan fingerprint density at radius 1 is 1.40 bits per heavy atom. The highest BCUT2D eigenvalue weighted by molar-refractivity contribution is 7.98. The van der Waals surface area contributed by atoms with Gasteiger partial charge in [0.05, 0.1) is 16.8 Å². The minimum absolute atomic E-state index is 0.391. The molecule has 0 fully saturated rings. The second-order valence-corrected chi connectivity index (χ2v) is 5.17. The van der Waals surface area contributed by atoms with Crippen molar-refractivity contribution in [2.75, 3.05) is 5.73 Å². The number of thioether (sulfide) groups is 1. The Kier molecular flexibility index (Phi) is 3.11. The first-order chi connectivity index (χ1) is 9.61. The lowest BCUT2D eigenvalue weighted by atomic mass is 10.3. The predicted molar refractivity (Wildman–Crippen MR) is 76.7 cm³/mol. The summed E-state index contributed by atoms with van der Waals surface area (Å²) in [7, 11) is 0. The van der Waals surface area contributed by atoms with Crippen LogP contribution in [0.15, 0.2) is 44.9 Å². The van der Waals surface area contributed by atoms with E-state index in [0.29, 0.717) is 22.4 Å². The van der Waals surface area contributed by atoms with Gasteiger partial charge in [0.2, 0.25) is 5.43 Å². The van der Waals surface area contributed by atoms with E-state index in [-0.39, 0.29) is 0 Å². The van der Waals surface area contributed by atoms with Gasteiger partial charge in [0.25, 0.3) is 0 Å². The van der Waals surface area contributed by atoms with Crippen molar-refractivity contribution in [1.82, 2.24) is 9.97 Å². The predicted octanol–water partition coefficient (Wildman–Crippen LogP) is 2.10. The zero-order valence-electron chi connectivity index (χ0n) is 10.3. The number of H-pyrrole nitrogens is 1. The van der Waals surface area contributed by atoms with E-state index in [1.165, 1.54) is 17.8 Å². The molecule has 0 aliphatic heterocycles. The highest BCUT2D eigenvalue weighted by Gasteiger charge is 2.06. The molecule has 0 atom stereocenters. The third-order valence-corrected chi connectivity index (χ3v) is 3.60. The Bertz CT molecular complexity index is 825. The summed E-state index contributed by atoms with van der Waals surface area (Å²) in [6, 6.07) is 6.71. The molecule has 0 aliphatic carbocycles. The molecule has 0 aliphatic rings. The summed E-state index contributed by atoms with van der Waals surface area (Å²) in [5.74, 6) is 0.515. The monoisotopic (exact) mass is 289 g/mol. The Morgan fingerprint density at radius 3 is 3.05 bits per heavy atom. The minimum Gasteiger partial charge on any atom is -0.502 e. The molecule has 0 spiro atoms. The molecule has 2 aromatic heterocycles. The molecule has 3 rings (SSSR count). The fourth-order valence-electron chi connectivity index (χ4n) is 1.73. The van der Waals surface area contributed by atoms with E-state index in [4.69, 9.17) is 15.3 Å². The largest absolute Gasteiger partial charge is 0.502 e. The van der Waals surface area contributed by atoms with Crippen LogP contribution in [0, 0.1) is 0 Å². The molecule has 0 bridgehead atoms. The number of nitrogen functional groups attached to an aromatic ring is 1. The summed E-state index contributed by atoms with van der Waals surface area (Å²) < 4.78 is 5.12. The summed E-state index contributed by atoms with van der Waals surface area (Å²) in [6.07, 6.45) is 1.04. The van der Waals surface area contributed by atoms with Crippen molar-refractivity contribution < 1.29 is 9.52 Å². The number of nitrogens with one attached hydrogen (secondary N) is 1. The van der Waals surface area contributed by atoms with Gasteiger partial charge in [-0.15, -0.1) is 0 Å². The fourth-order valence-corrected chi connectivity index (χ4v) is 2.51. The first kappa shape index (κ1) is 12.6. The molecule has 2 heterocycles. The molecule has 1 aromatic carbocycles. The molecular formula is C13H11N3O3S. The summed E-state index contributed by atoms with van der Waals surface area (Å²) in [4.78, 5) is 18.8. The van der Waals surface area contributed by atoms with Gasteiger partial charge in [-0.2, -0.15) is 0 Å². The molecule has 0 saturated carbocycles. The first-order valence-corrected chi connectivity index (χ1v) is 6.79. The maximum atomic E-state index is 11.3. The van der Waals surface area contributed by atoms with Crippen molar-refractivity contribution in [3.63, 3.8) is 0 Å². The van der Waals surface area contributed by atoms with E-state index in [0.717, 1.165) is 17.3 Å². The van der Waals surface area contributed by atoms with Gasteiger partial charge < -0.3 is 20.2 Å². The van der Waals surface area contributed by atoms with Crippen molar-refractivity contribution in [3.8, 4) is 5.75 Å². The van der Waals surface area contributed by atoms with Crippen LogP contribution in [0.25, 0.3) is 11.0 Å². The van der Waals surface area contributed by atoms with Gasteiger partial charge in [0.1, 0.15) is 12.0 Å². The molecule has 20 heavy (non-hydrogen) atoms. The standard InChI is InChI=1S/C13H11N3O3S/c14-7-1-2-9-10(3-7)16-13(15-9)20-6-8-4-11(17)12(18)5-19-8/h1-5,18H,6,14H2,(H,15,16). The Labute approximate surface area is 117 Å². The lowest BCUT2D eigenvalue weighted by Crippen LogP contribution is -1.99. The number of fused-ring (bicyclic) bond motifs is 1. The van der Waals surface area contributed by atoms with Crippen LogP contribution in [-0.4, -0.2) is 15.1 Å². The van der Waals surface area contributed by atoms with Gasteiger partial charge in [0, 0.05) is 11.8 Å².